The number of nitrogens with zero attached hydrogens (tertiary/aromatic N) is 2. The number of pyridine rings is 1. The van der Waals surface area contributed by atoms with Crippen molar-refractivity contribution in [2.75, 3.05) is 11.5 Å². The number of carbonyl (C=O) groups excluding carboxylic acids is 4. The number of carbonyl (C=O) groups is 4. The van der Waals surface area contributed by atoms with Gasteiger partial charge in [0, 0.05) is 21.0 Å². The van der Waals surface area contributed by atoms with Gasteiger partial charge in [-0.3, -0.25) is 19.3 Å². The first-order chi connectivity index (χ1) is 21.3. The summed E-state index contributed by atoms with van der Waals surface area (Å²) in [4.78, 5) is 59.0. The molecule has 2 bridgehead atoms. The third kappa shape index (κ3) is 4.24. The Bertz CT molecular complexity index is 1900. The number of halogens is 2. The van der Waals surface area contributed by atoms with Gasteiger partial charge in [-0.15, -0.1) is 0 Å². The van der Waals surface area contributed by atoms with E-state index in [2.05, 4.69) is 28.1 Å². The van der Waals surface area contributed by atoms with E-state index in [-0.39, 0.29) is 46.6 Å². The lowest BCUT2D eigenvalue weighted by atomic mass is 9.63. The number of amides is 2. The summed E-state index contributed by atoms with van der Waals surface area (Å²) in [7, 11) is 0. The van der Waals surface area contributed by atoms with Gasteiger partial charge in [-0.1, -0.05) is 40.2 Å². The van der Waals surface area contributed by atoms with Crippen LogP contribution >= 0.6 is 15.9 Å². The fourth-order valence-corrected chi connectivity index (χ4v) is 7.80. The molecule has 2 amide bonds. The Balaban J connectivity index is 1.07. The van der Waals surface area contributed by atoms with E-state index < -0.39 is 24.2 Å². The molecule has 2 saturated carbocycles. The average molecular weight is 651 g/mol. The highest BCUT2D eigenvalue weighted by Crippen LogP contribution is 2.65. The molecule has 3 aromatic carbocycles. The highest BCUT2D eigenvalue weighted by Gasteiger charge is 2.67. The molecule has 6 unspecified atom stereocenters. The molecule has 1 aliphatic heterocycles. The number of hydrogen-bond acceptors (Lipinski definition) is 6. The molecule has 1 saturated heterocycles. The summed E-state index contributed by atoms with van der Waals surface area (Å²) in [6, 6.07) is 19.0. The maximum absolute atomic E-state index is 13.5. The minimum Gasteiger partial charge on any atom is -0.454 e. The summed E-state index contributed by atoms with van der Waals surface area (Å²) >= 11 is 3.44. The number of rotatable bonds is 6. The Morgan fingerprint density at radius 2 is 1.55 bits per heavy atom. The normalized spacial score (nSPS) is 26.1. The number of benzene rings is 3. The van der Waals surface area contributed by atoms with Crippen LogP contribution in [-0.4, -0.2) is 35.2 Å². The highest BCUT2D eigenvalue weighted by molar-refractivity contribution is 9.10. The van der Waals surface area contributed by atoms with Crippen molar-refractivity contribution in [2.24, 2.45) is 35.5 Å². The summed E-state index contributed by atoms with van der Waals surface area (Å²) in [5.74, 6) is -1.04. The lowest BCUT2D eigenvalue weighted by Gasteiger charge is -2.37. The van der Waals surface area contributed by atoms with Gasteiger partial charge in [-0.25, -0.2) is 14.2 Å². The first-order valence-electron chi connectivity index (χ1n) is 14.5. The number of hydrogen-bond donors (Lipinski definition) is 0. The molecule has 6 atom stereocenters. The molecule has 4 aromatic rings. The summed E-state index contributed by atoms with van der Waals surface area (Å²) in [5, 5.41) is 0.538. The summed E-state index contributed by atoms with van der Waals surface area (Å²) < 4.78 is 19.4. The van der Waals surface area contributed by atoms with Crippen LogP contribution in [0.2, 0.25) is 0 Å². The Morgan fingerprint density at radius 1 is 0.886 bits per heavy atom. The van der Waals surface area contributed by atoms with Crippen molar-refractivity contribution in [3.63, 3.8) is 0 Å². The number of ether oxygens (including phenoxy) is 1. The van der Waals surface area contributed by atoms with Gasteiger partial charge in [-0.2, -0.15) is 0 Å². The van der Waals surface area contributed by atoms with Crippen LogP contribution in [0, 0.1) is 41.3 Å². The molecule has 3 fully saturated rings. The van der Waals surface area contributed by atoms with Crippen LogP contribution in [0.1, 0.15) is 27.1 Å². The molecule has 0 radical (unpaired) electrons. The van der Waals surface area contributed by atoms with E-state index in [9.17, 15) is 23.6 Å². The van der Waals surface area contributed by atoms with Crippen LogP contribution in [0.5, 0.6) is 0 Å². The van der Waals surface area contributed by atoms with Crippen LogP contribution in [0.4, 0.5) is 10.1 Å². The summed E-state index contributed by atoms with van der Waals surface area (Å²) in [6.07, 6.45) is 5.42. The van der Waals surface area contributed by atoms with Gasteiger partial charge in [0.2, 0.25) is 11.8 Å². The molecule has 2 heterocycles. The van der Waals surface area contributed by atoms with Crippen LogP contribution in [0.25, 0.3) is 22.2 Å². The minimum absolute atomic E-state index is 0.118. The van der Waals surface area contributed by atoms with Gasteiger partial charge >= 0.3 is 5.97 Å². The number of ketones is 1. The van der Waals surface area contributed by atoms with Crippen molar-refractivity contribution in [1.82, 2.24) is 4.98 Å². The van der Waals surface area contributed by atoms with Crippen molar-refractivity contribution >= 4 is 56.1 Å². The minimum atomic E-state index is -0.707. The van der Waals surface area contributed by atoms with E-state index in [1.165, 1.54) is 29.2 Å². The third-order valence-electron chi connectivity index (χ3n) is 9.58. The molecule has 9 rings (SSSR count). The molecule has 1 aromatic heterocycles. The van der Waals surface area contributed by atoms with E-state index in [0.717, 1.165) is 10.9 Å². The quantitative estimate of drug-likeness (QED) is 0.104. The maximum Gasteiger partial charge on any atom is 0.339 e. The Labute approximate surface area is 259 Å². The van der Waals surface area contributed by atoms with Crippen molar-refractivity contribution in [3.05, 3.63) is 106 Å². The SMILES string of the molecule is O=C(COC(=O)c1cc(-c2ccc(N3C(=O)C4C5C=CC(C6CC56)C4C3=O)cc2)nc2ccc(Br)cc12)c1ccc(F)cc1. The molecule has 5 aliphatic rings. The van der Waals surface area contributed by atoms with Gasteiger partial charge in [-0.05, 0) is 90.8 Å². The molecule has 9 heteroatoms. The molecule has 44 heavy (non-hydrogen) atoms. The molecule has 7 nitrogen and oxygen atoms in total. The Kier molecular flexibility index (Phi) is 6.17. The molecule has 218 valence electrons. The van der Waals surface area contributed by atoms with Crippen molar-refractivity contribution in [3.8, 4) is 11.3 Å². The third-order valence-corrected chi connectivity index (χ3v) is 10.1. The fourth-order valence-electron chi connectivity index (χ4n) is 7.44. The lowest BCUT2D eigenvalue weighted by molar-refractivity contribution is -0.124. The second kappa shape index (κ2) is 10.0. The van der Waals surface area contributed by atoms with E-state index in [4.69, 9.17) is 9.72 Å². The monoisotopic (exact) mass is 650 g/mol. The standard InChI is InChI=1S/C35H24BrFN2O5/c36-19-5-12-28-26(13-19)27(35(43)44-16-30(40)18-1-6-20(37)7-2-18)15-29(38-28)17-3-8-21(9-4-17)39-33(41)31-22-10-11-23(25-14-24(22)25)32(31)34(39)42/h1-13,15,22-25,31-32H,14,16H2. The Hall–Kier alpha value is -4.50. The zero-order chi connectivity index (χ0) is 30.3. The number of imide groups is 1. The first kappa shape index (κ1) is 27.1. The van der Waals surface area contributed by atoms with Crippen LogP contribution in [-0.2, 0) is 14.3 Å². The topological polar surface area (TPSA) is 93.6 Å². The highest BCUT2D eigenvalue weighted by atomic mass is 79.9. The van der Waals surface area contributed by atoms with Crippen molar-refractivity contribution < 1.29 is 28.3 Å². The van der Waals surface area contributed by atoms with E-state index >= 15 is 0 Å². The maximum atomic E-state index is 13.5. The number of esters is 1. The van der Waals surface area contributed by atoms with Crippen LogP contribution in [0.3, 0.4) is 0 Å². The zero-order valence-corrected chi connectivity index (χ0v) is 24.7. The second-order valence-electron chi connectivity index (χ2n) is 11.9. The molecule has 4 aliphatic carbocycles. The number of allylic oxidation sites excluding steroid dienone is 2. The van der Waals surface area contributed by atoms with Gasteiger partial charge in [0.25, 0.3) is 0 Å². The van der Waals surface area contributed by atoms with Gasteiger partial charge in [0.15, 0.2) is 12.4 Å². The summed E-state index contributed by atoms with van der Waals surface area (Å²) in [5.41, 5.74) is 2.68. The molecule has 0 spiro atoms. The van der Waals surface area contributed by atoms with E-state index in [1.807, 2.05) is 6.07 Å². The van der Waals surface area contributed by atoms with E-state index in [1.54, 1.807) is 42.5 Å². The predicted molar refractivity (Wildman–Crippen MR) is 163 cm³/mol. The number of fused-ring (bicyclic) bond motifs is 1. The molecular weight excluding hydrogens is 627 g/mol. The van der Waals surface area contributed by atoms with E-state index in [0.29, 0.717) is 39.7 Å². The van der Waals surface area contributed by atoms with Gasteiger partial charge in [0.05, 0.1) is 34.3 Å². The smallest absolute Gasteiger partial charge is 0.339 e. The zero-order valence-electron chi connectivity index (χ0n) is 23.2. The van der Waals surface area contributed by atoms with Gasteiger partial charge in [0.1, 0.15) is 5.82 Å². The fraction of sp³-hybridized carbons (Fsp3) is 0.229. The first-order valence-corrected chi connectivity index (χ1v) is 15.3. The molecular formula is C35H24BrFN2O5. The number of anilines is 1. The van der Waals surface area contributed by atoms with Crippen molar-refractivity contribution in [1.29, 1.82) is 0 Å². The number of Topliss-reactive ketones (excluding diaryl/α,β-unsaturated/α-hetero) is 1. The predicted octanol–water partition coefficient (Wildman–Crippen LogP) is 6.40. The summed E-state index contributed by atoms with van der Waals surface area (Å²) in [6.45, 7) is -0.509. The number of aromatic nitrogens is 1. The molecule has 0 N–H and O–H groups in total. The van der Waals surface area contributed by atoms with Gasteiger partial charge < -0.3 is 4.74 Å². The largest absolute Gasteiger partial charge is 0.454 e. The van der Waals surface area contributed by atoms with Crippen LogP contribution in [0.15, 0.2) is 89.4 Å². The second-order valence-corrected chi connectivity index (χ2v) is 12.9. The lowest BCUT2D eigenvalue weighted by Crippen LogP contribution is -2.40. The van der Waals surface area contributed by atoms with Crippen molar-refractivity contribution in [2.45, 2.75) is 6.42 Å². The Morgan fingerprint density at radius 3 is 2.20 bits per heavy atom. The average Bonchev–Trinajstić information content (AvgIpc) is 3.82. The van der Waals surface area contributed by atoms with Crippen LogP contribution < -0.4 is 4.90 Å².